The number of likely N-dealkylation sites (tertiary alicyclic amines) is 1. The molecule has 0 spiro atoms. The Kier molecular flexibility index (Phi) is 4.64. The van der Waals surface area contributed by atoms with Gasteiger partial charge in [-0.25, -0.2) is 0 Å². The van der Waals surface area contributed by atoms with Crippen molar-refractivity contribution in [1.29, 1.82) is 0 Å². The summed E-state index contributed by atoms with van der Waals surface area (Å²) in [6.45, 7) is 7.17. The van der Waals surface area contributed by atoms with Gasteiger partial charge in [-0.1, -0.05) is 48.8 Å². The zero-order chi connectivity index (χ0) is 18.4. The molecule has 0 bridgehead atoms. The van der Waals surface area contributed by atoms with Crippen LogP contribution in [0.3, 0.4) is 0 Å². The third-order valence-electron chi connectivity index (χ3n) is 6.00. The zero-order valence-electron chi connectivity index (χ0n) is 15.6. The number of carbonyl (C=O) groups excluding carboxylic acids is 1. The Balaban J connectivity index is 1.63. The van der Waals surface area contributed by atoms with Crippen molar-refractivity contribution in [3.05, 3.63) is 40.4 Å². The fourth-order valence-electron chi connectivity index (χ4n) is 4.14. The Morgan fingerprint density at radius 3 is 2.81 bits per heavy atom. The maximum Gasteiger partial charge on any atom is 0.226 e. The Hall–Kier alpha value is -1.68. The lowest BCUT2D eigenvalue weighted by Gasteiger charge is -2.29. The molecule has 1 fully saturated rings. The standard InChI is InChI=1S/C22H25BrN2O/c1-13(2)14(3)22(26)25-10-4-5-21(25)20-12-18-17-8-7-16(23)11-15(17)6-9-19(18)24-20/h6-9,11,13-14,21H,4-5,10,12H2,1-3H3/t14-,21-/m0/s1. The first kappa shape index (κ1) is 17.7. The summed E-state index contributed by atoms with van der Waals surface area (Å²) in [6.07, 6.45) is 2.97. The van der Waals surface area contributed by atoms with Gasteiger partial charge in [-0.05, 0) is 53.3 Å². The fraction of sp³-hybridized carbons (Fsp3) is 0.455. The van der Waals surface area contributed by atoms with Crippen molar-refractivity contribution < 1.29 is 4.79 Å². The lowest BCUT2D eigenvalue weighted by atomic mass is 9.95. The molecule has 4 rings (SSSR count). The van der Waals surface area contributed by atoms with E-state index in [-0.39, 0.29) is 17.9 Å². The quantitative estimate of drug-likeness (QED) is 0.653. The van der Waals surface area contributed by atoms with E-state index in [1.807, 2.05) is 0 Å². The summed E-state index contributed by atoms with van der Waals surface area (Å²) in [5, 5.41) is 2.51. The van der Waals surface area contributed by atoms with Crippen LogP contribution in [0.1, 0.15) is 39.2 Å². The average molecular weight is 413 g/mol. The van der Waals surface area contributed by atoms with Crippen molar-refractivity contribution in [3.8, 4) is 0 Å². The van der Waals surface area contributed by atoms with E-state index in [0.717, 1.165) is 41.7 Å². The van der Waals surface area contributed by atoms with Crippen LogP contribution >= 0.6 is 15.9 Å². The molecule has 0 aromatic heterocycles. The largest absolute Gasteiger partial charge is 0.334 e. The molecule has 2 aromatic rings. The van der Waals surface area contributed by atoms with Crippen molar-refractivity contribution in [2.75, 3.05) is 6.54 Å². The average Bonchev–Trinajstić information content (AvgIpc) is 3.26. The number of fused-ring (bicyclic) bond motifs is 3. The normalized spacial score (nSPS) is 20.6. The van der Waals surface area contributed by atoms with E-state index in [4.69, 9.17) is 4.99 Å². The van der Waals surface area contributed by atoms with Gasteiger partial charge in [0.1, 0.15) is 0 Å². The van der Waals surface area contributed by atoms with Crippen molar-refractivity contribution in [2.45, 2.75) is 46.1 Å². The first-order chi connectivity index (χ1) is 12.5. The van der Waals surface area contributed by atoms with Crippen molar-refractivity contribution >= 4 is 44.0 Å². The topological polar surface area (TPSA) is 32.7 Å². The minimum absolute atomic E-state index is 0.0677. The summed E-state index contributed by atoms with van der Waals surface area (Å²) in [7, 11) is 0. The molecule has 0 aliphatic carbocycles. The Labute approximate surface area is 163 Å². The van der Waals surface area contributed by atoms with Gasteiger partial charge in [0.25, 0.3) is 0 Å². The third kappa shape index (κ3) is 2.98. The fourth-order valence-corrected chi connectivity index (χ4v) is 4.51. The van der Waals surface area contributed by atoms with Gasteiger partial charge in [-0.2, -0.15) is 0 Å². The van der Waals surface area contributed by atoms with Crippen LogP contribution in [0.25, 0.3) is 10.8 Å². The highest BCUT2D eigenvalue weighted by Gasteiger charge is 2.36. The molecule has 2 heterocycles. The number of nitrogens with zero attached hydrogens (tertiary/aromatic N) is 2. The number of rotatable bonds is 3. The Morgan fingerprint density at radius 2 is 2.04 bits per heavy atom. The highest BCUT2D eigenvalue weighted by Crippen LogP contribution is 2.37. The predicted molar refractivity (Wildman–Crippen MR) is 111 cm³/mol. The Morgan fingerprint density at radius 1 is 1.23 bits per heavy atom. The molecule has 0 N–H and O–H groups in total. The molecule has 26 heavy (non-hydrogen) atoms. The van der Waals surface area contributed by atoms with Crippen LogP contribution < -0.4 is 0 Å². The molecule has 0 saturated carbocycles. The van der Waals surface area contributed by atoms with Crippen molar-refractivity contribution in [3.63, 3.8) is 0 Å². The molecule has 2 aromatic carbocycles. The van der Waals surface area contributed by atoms with Crippen molar-refractivity contribution in [1.82, 2.24) is 4.90 Å². The monoisotopic (exact) mass is 412 g/mol. The highest BCUT2D eigenvalue weighted by molar-refractivity contribution is 9.10. The first-order valence-electron chi connectivity index (χ1n) is 9.55. The van der Waals surface area contributed by atoms with Gasteiger partial charge in [0.15, 0.2) is 0 Å². The number of aliphatic imine (C=N–C) groups is 1. The van der Waals surface area contributed by atoms with Gasteiger partial charge in [-0.3, -0.25) is 9.79 Å². The first-order valence-corrected chi connectivity index (χ1v) is 10.3. The van der Waals surface area contributed by atoms with Gasteiger partial charge < -0.3 is 4.90 Å². The lowest BCUT2D eigenvalue weighted by molar-refractivity contribution is -0.136. The molecule has 4 heteroatoms. The van der Waals surface area contributed by atoms with Gasteiger partial charge >= 0.3 is 0 Å². The summed E-state index contributed by atoms with van der Waals surface area (Å²) in [5.41, 5.74) is 3.55. The molecule has 3 nitrogen and oxygen atoms in total. The number of carbonyl (C=O) groups is 1. The SMILES string of the molecule is CC(C)[C@H](C)C(=O)N1CCC[C@H]1C1=Nc2ccc3cc(Br)ccc3c2C1. The third-order valence-corrected chi connectivity index (χ3v) is 6.49. The van der Waals surface area contributed by atoms with Crippen LogP contribution in [0.4, 0.5) is 5.69 Å². The molecular weight excluding hydrogens is 388 g/mol. The van der Waals surface area contributed by atoms with Gasteiger partial charge in [0, 0.05) is 29.1 Å². The molecule has 1 amide bonds. The minimum atomic E-state index is 0.0677. The van der Waals surface area contributed by atoms with E-state index in [2.05, 4.69) is 71.9 Å². The van der Waals surface area contributed by atoms with E-state index in [9.17, 15) is 4.79 Å². The maximum atomic E-state index is 12.9. The summed E-state index contributed by atoms with van der Waals surface area (Å²) in [6, 6.07) is 10.9. The highest BCUT2D eigenvalue weighted by atomic mass is 79.9. The molecule has 2 aliphatic rings. The summed E-state index contributed by atoms with van der Waals surface area (Å²) < 4.78 is 1.10. The molecule has 0 radical (unpaired) electrons. The predicted octanol–water partition coefficient (Wildman–Crippen LogP) is 5.51. The van der Waals surface area contributed by atoms with E-state index in [1.54, 1.807) is 0 Å². The maximum absolute atomic E-state index is 12.9. The van der Waals surface area contributed by atoms with Crippen LogP contribution in [0, 0.1) is 11.8 Å². The smallest absolute Gasteiger partial charge is 0.226 e. The van der Waals surface area contributed by atoms with E-state index < -0.39 is 0 Å². The summed E-state index contributed by atoms with van der Waals surface area (Å²) in [5.74, 6) is 0.724. The van der Waals surface area contributed by atoms with Crippen LogP contribution in [0.15, 0.2) is 39.8 Å². The lowest BCUT2D eigenvalue weighted by Crippen LogP contribution is -2.44. The second kappa shape index (κ2) is 6.80. The molecular formula is C22H25BrN2O. The minimum Gasteiger partial charge on any atom is -0.334 e. The van der Waals surface area contributed by atoms with Crippen LogP contribution in [0.2, 0.25) is 0 Å². The van der Waals surface area contributed by atoms with Crippen molar-refractivity contribution in [2.24, 2.45) is 16.8 Å². The van der Waals surface area contributed by atoms with Gasteiger partial charge in [0.05, 0.1) is 11.7 Å². The van der Waals surface area contributed by atoms with E-state index in [1.165, 1.54) is 16.3 Å². The number of amides is 1. The molecule has 136 valence electrons. The van der Waals surface area contributed by atoms with Gasteiger partial charge in [0.2, 0.25) is 5.91 Å². The molecule has 1 saturated heterocycles. The van der Waals surface area contributed by atoms with Crippen LogP contribution in [-0.4, -0.2) is 29.1 Å². The second-order valence-electron chi connectivity index (χ2n) is 7.93. The second-order valence-corrected chi connectivity index (χ2v) is 8.85. The van der Waals surface area contributed by atoms with Crippen LogP contribution in [-0.2, 0) is 11.2 Å². The molecule has 2 aliphatic heterocycles. The number of hydrogen-bond donors (Lipinski definition) is 0. The van der Waals surface area contributed by atoms with E-state index in [0.29, 0.717) is 5.92 Å². The molecule has 2 atom stereocenters. The molecule has 0 unspecified atom stereocenters. The zero-order valence-corrected chi connectivity index (χ0v) is 17.2. The number of hydrogen-bond acceptors (Lipinski definition) is 2. The van der Waals surface area contributed by atoms with E-state index >= 15 is 0 Å². The van der Waals surface area contributed by atoms with Gasteiger partial charge in [-0.15, -0.1) is 0 Å². The number of benzene rings is 2. The number of halogens is 1. The summed E-state index contributed by atoms with van der Waals surface area (Å²) >= 11 is 3.55. The van der Waals surface area contributed by atoms with Crippen LogP contribution in [0.5, 0.6) is 0 Å². The Bertz CT molecular complexity index is 902. The summed E-state index contributed by atoms with van der Waals surface area (Å²) in [4.78, 5) is 20.0.